The molecule has 0 aliphatic heterocycles. The van der Waals surface area contributed by atoms with Crippen LogP contribution in [-0.4, -0.2) is 18.8 Å². The van der Waals surface area contributed by atoms with E-state index in [-0.39, 0.29) is 12.1 Å². The van der Waals surface area contributed by atoms with Crippen LogP contribution in [0, 0.1) is 5.92 Å². The molecule has 2 nitrogen and oxygen atoms in total. The summed E-state index contributed by atoms with van der Waals surface area (Å²) in [5.74, 6) is 0.678. The van der Waals surface area contributed by atoms with Crippen molar-refractivity contribution >= 4 is 11.6 Å². The first kappa shape index (κ1) is 12.9. The summed E-state index contributed by atoms with van der Waals surface area (Å²) in [4.78, 5) is 0. The first-order chi connectivity index (χ1) is 8.20. The maximum absolute atomic E-state index is 6.26. The monoisotopic (exact) mass is 253 g/mol. The topological polar surface area (TPSA) is 35.2 Å². The molecule has 3 heteroatoms. The number of nitrogens with two attached hydrogens (primary N) is 1. The van der Waals surface area contributed by atoms with Crippen LogP contribution in [0.3, 0.4) is 0 Å². The Bertz CT molecular complexity index is 348. The van der Waals surface area contributed by atoms with Crippen molar-refractivity contribution in [2.45, 2.75) is 38.3 Å². The molecule has 1 aliphatic carbocycles. The van der Waals surface area contributed by atoms with Gasteiger partial charge in [-0.1, -0.05) is 23.7 Å². The van der Waals surface area contributed by atoms with Gasteiger partial charge in [0.25, 0.3) is 0 Å². The molecule has 2 atom stereocenters. The SMILES string of the molecule is CCOC(C(N)Cc1ccc(Cl)cc1)C1CC1. The Morgan fingerprint density at radius 1 is 1.35 bits per heavy atom. The largest absolute Gasteiger partial charge is 0.377 e. The molecule has 0 heterocycles. The molecule has 1 saturated carbocycles. The lowest BCUT2D eigenvalue weighted by atomic mass is 9.99. The first-order valence-corrected chi connectivity index (χ1v) is 6.70. The number of hydrogen-bond donors (Lipinski definition) is 1. The van der Waals surface area contributed by atoms with Gasteiger partial charge in [0.2, 0.25) is 0 Å². The molecule has 0 amide bonds. The van der Waals surface area contributed by atoms with Gasteiger partial charge in [0.1, 0.15) is 0 Å². The fourth-order valence-electron chi connectivity index (χ4n) is 2.24. The molecule has 1 aromatic carbocycles. The van der Waals surface area contributed by atoms with Crippen molar-refractivity contribution in [1.29, 1.82) is 0 Å². The van der Waals surface area contributed by atoms with Gasteiger partial charge in [-0.25, -0.2) is 0 Å². The van der Waals surface area contributed by atoms with E-state index in [1.165, 1.54) is 18.4 Å². The van der Waals surface area contributed by atoms with Gasteiger partial charge in [0.15, 0.2) is 0 Å². The lowest BCUT2D eigenvalue weighted by Gasteiger charge is -2.23. The third kappa shape index (κ3) is 3.70. The molecule has 1 aromatic rings. The average molecular weight is 254 g/mol. The van der Waals surface area contributed by atoms with E-state index < -0.39 is 0 Å². The van der Waals surface area contributed by atoms with Crippen LogP contribution >= 0.6 is 11.6 Å². The minimum atomic E-state index is 0.0867. The number of rotatable bonds is 6. The van der Waals surface area contributed by atoms with Gasteiger partial charge in [-0.2, -0.15) is 0 Å². The normalized spacial score (nSPS) is 19.0. The van der Waals surface area contributed by atoms with Crippen LogP contribution in [0.1, 0.15) is 25.3 Å². The summed E-state index contributed by atoms with van der Waals surface area (Å²) >= 11 is 5.87. The van der Waals surface area contributed by atoms with Crippen LogP contribution in [0.4, 0.5) is 0 Å². The summed E-state index contributed by atoms with van der Waals surface area (Å²) < 4.78 is 5.77. The molecular formula is C14H20ClNO. The zero-order valence-corrected chi connectivity index (χ0v) is 11.0. The molecule has 94 valence electrons. The minimum Gasteiger partial charge on any atom is -0.377 e. The summed E-state index contributed by atoms with van der Waals surface area (Å²) in [5, 5.41) is 0.769. The average Bonchev–Trinajstić information content (AvgIpc) is 3.13. The van der Waals surface area contributed by atoms with E-state index in [2.05, 4.69) is 0 Å². The molecule has 2 rings (SSSR count). The molecule has 2 N–H and O–H groups in total. The summed E-state index contributed by atoms with van der Waals surface area (Å²) in [7, 11) is 0. The smallest absolute Gasteiger partial charge is 0.0757 e. The van der Waals surface area contributed by atoms with E-state index in [0.29, 0.717) is 5.92 Å². The molecule has 0 aromatic heterocycles. The first-order valence-electron chi connectivity index (χ1n) is 6.32. The van der Waals surface area contributed by atoms with Crippen molar-refractivity contribution < 1.29 is 4.74 Å². The van der Waals surface area contributed by atoms with Crippen LogP contribution in [0.5, 0.6) is 0 Å². The molecule has 2 unspecified atom stereocenters. The minimum absolute atomic E-state index is 0.0867. The van der Waals surface area contributed by atoms with Crippen LogP contribution in [-0.2, 0) is 11.2 Å². The zero-order valence-electron chi connectivity index (χ0n) is 10.2. The summed E-state index contributed by atoms with van der Waals surface area (Å²) in [5.41, 5.74) is 7.49. The van der Waals surface area contributed by atoms with Gasteiger partial charge >= 0.3 is 0 Å². The van der Waals surface area contributed by atoms with Crippen molar-refractivity contribution in [3.05, 3.63) is 34.9 Å². The van der Waals surface area contributed by atoms with E-state index in [9.17, 15) is 0 Å². The van der Waals surface area contributed by atoms with E-state index >= 15 is 0 Å². The number of hydrogen-bond acceptors (Lipinski definition) is 2. The van der Waals surface area contributed by atoms with Crippen LogP contribution in [0.25, 0.3) is 0 Å². The van der Waals surface area contributed by atoms with Gasteiger partial charge in [-0.05, 0) is 49.8 Å². The lowest BCUT2D eigenvalue weighted by molar-refractivity contribution is 0.0288. The molecule has 1 aliphatic rings. The van der Waals surface area contributed by atoms with E-state index in [0.717, 1.165) is 18.1 Å². The van der Waals surface area contributed by atoms with E-state index in [4.69, 9.17) is 22.1 Å². The highest BCUT2D eigenvalue weighted by molar-refractivity contribution is 6.30. The molecule has 1 fully saturated rings. The zero-order chi connectivity index (χ0) is 12.3. The lowest BCUT2D eigenvalue weighted by Crippen LogP contribution is -2.40. The Morgan fingerprint density at radius 3 is 2.53 bits per heavy atom. The van der Waals surface area contributed by atoms with E-state index in [1.807, 2.05) is 31.2 Å². The maximum atomic E-state index is 6.26. The second-order valence-electron chi connectivity index (χ2n) is 4.75. The second kappa shape index (κ2) is 5.85. The third-order valence-electron chi connectivity index (χ3n) is 3.25. The summed E-state index contributed by atoms with van der Waals surface area (Å²) in [6, 6.07) is 7.99. The van der Waals surface area contributed by atoms with Crippen molar-refractivity contribution in [3.8, 4) is 0 Å². The molecule has 17 heavy (non-hydrogen) atoms. The van der Waals surface area contributed by atoms with Crippen LogP contribution in [0.15, 0.2) is 24.3 Å². The fraction of sp³-hybridized carbons (Fsp3) is 0.571. The Labute approximate surface area is 108 Å². The van der Waals surface area contributed by atoms with Gasteiger partial charge in [0.05, 0.1) is 6.10 Å². The second-order valence-corrected chi connectivity index (χ2v) is 5.19. The molecule has 0 saturated heterocycles. The highest BCUT2D eigenvalue weighted by atomic mass is 35.5. The van der Waals surface area contributed by atoms with Crippen molar-refractivity contribution in [3.63, 3.8) is 0 Å². The quantitative estimate of drug-likeness (QED) is 0.846. The molecular weight excluding hydrogens is 234 g/mol. The summed E-state index contributed by atoms with van der Waals surface area (Å²) in [6.45, 7) is 2.78. The molecule has 0 spiro atoms. The predicted octanol–water partition coefficient (Wildman–Crippen LogP) is 3.02. The van der Waals surface area contributed by atoms with Crippen molar-refractivity contribution in [2.24, 2.45) is 11.7 Å². The summed E-state index contributed by atoms with van der Waals surface area (Å²) in [6.07, 6.45) is 3.60. The highest BCUT2D eigenvalue weighted by Gasteiger charge is 2.35. The van der Waals surface area contributed by atoms with Gasteiger partial charge in [0, 0.05) is 17.7 Å². The highest BCUT2D eigenvalue weighted by Crippen LogP contribution is 2.36. The molecule has 0 bridgehead atoms. The van der Waals surface area contributed by atoms with Crippen molar-refractivity contribution in [1.82, 2.24) is 0 Å². The molecule has 0 radical (unpaired) electrons. The Morgan fingerprint density at radius 2 is 2.00 bits per heavy atom. The fourth-order valence-corrected chi connectivity index (χ4v) is 2.36. The third-order valence-corrected chi connectivity index (χ3v) is 3.50. The predicted molar refractivity (Wildman–Crippen MR) is 71.3 cm³/mol. The van der Waals surface area contributed by atoms with Crippen LogP contribution < -0.4 is 5.73 Å². The van der Waals surface area contributed by atoms with E-state index in [1.54, 1.807) is 0 Å². The van der Waals surface area contributed by atoms with Gasteiger partial charge in [-0.15, -0.1) is 0 Å². The standard InChI is InChI=1S/C14H20ClNO/c1-2-17-14(11-5-6-11)13(16)9-10-3-7-12(15)8-4-10/h3-4,7-8,11,13-14H,2,5-6,9,16H2,1H3. The number of benzene rings is 1. The number of halogens is 1. The Kier molecular flexibility index (Phi) is 4.43. The van der Waals surface area contributed by atoms with Crippen LogP contribution in [0.2, 0.25) is 5.02 Å². The maximum Gasteiger partial charge on any atom is 0.0757 e. The van der Waals surface area contributed by atoms with Gasteiger partial charge in [-0.3, -0.25) is 0 Å². The van der Waals surface area contributed by atoms with Crippen molar-refractivity contribution in [2.75, 3.05) is 6.61 Å². The number of ether oxygens (including phenoxy) is 1. The van der Waals surface area contributed by atoms with Gasteiger partial charge < -0.3 is 10.5 Å². The Hall–Kier alpha value is -0.570. The Balaban J connectivity index is 1.94.